The van der Waals surface area contributed by atoms with Crippen LogP contribution in [0.3, 0.4) is 0 Å². The van der Waals surface area contributed by atoms with Gasteiger partial charge < -0.3 is 10.7 Å². The molecule has 1 aliphatic rings. The standard InChI is InChI=1S/C13H15ClN4O.ClH/c14-8-1-2-11-10(5-8)13(19)17-12(16-11)7-18-4-3-9(15)6-18;/h1-2,5,9H,3-4,6-7,15H2,(H,16,17,19);1H/t9-;/m1./s1. The maximum absolute atomic E-state index is 12.0. The van der Waals surface area contributed by atoms with E-state index >= 15 is 0 Å². The van der Waals surface area contributed by atoms with E-state index in [1.54, 1.807) is 18.2 Å². The molecule has 108 valence electrons. The lowest BCUT2D eigenvalue weighted by molar-refractivity contribution is 0.318. The van der Waals surface area contributed by atoms with Gasteiger partial charge in [-0.05, 0) is 24.6 Å². The van der Waals surface area contributed by atoms with Crippen LogP contribution < -0.4 is 11.3 Å². The normalized spacial score (nSPS) is 19.2. The maximum atomic E-state index is 12.0. The molecule has 2 heterocycles. The van der Waals surface area contributed by atoms with E-state index < -0.39 is 0 Å². The zero-order chi connectivity index (χ0) is 13.4. The van der Waals surface area contributed by atoms with Gasteiger partial charge >= 0.3 is 0 Å². The number of hydrogen-bond donors (Lipinski definition) is 2. The maximum Gasteiger partial charge on any atom is 0.258 e. The highest BCUT2D eigenvalue weighted by atomic mass is 35.5. The Labute approximate surface area is 127 Å². The second kappa shape index (κ2) is 6.10. The molecular weight excluding hydrogens is 299 g/mol. The van der Waals surface area contributed by atoms with Crippen molar-refractivity contribution in [3.8, 4) is 0 Å². The zero-order valence-corrected chi connectivity index (χ0v) is 12.4. The van der Waals surface area contributed by atoms with Gasteiger partial charge in [0.25, 0.3) is 5.56 Å². The number of nitrogens with zero attached hydrogens (tertiary/aromatic N) is 2. The predicted octanol–water partition coefficient (Wildman–Crippen LogP) is 1.53. The van der Waals surface area contributed by atoms with Crippen LogP contribution in [0.15, 0.2) is 23.0 Å². The van der Waals surface area contributed by atoms with Crippen LogP contribution in [0.2, 0.25) is 5.02 Å². The van der Waals surface area contributed by atoms with Crippen LogP contribution in [0.1, 0.15) is 12.2 Å². The van der Waals surface area contributed by atoms with Gasteiger partial charge in [0.05, 0.1) is 17.4 Å². The Balaban J connectivity index is 0.00000147. The number of halogens is 2. The molecule has 0 saturated carbocycles. The Morgan fingerprint density at radius 3 is 3.00 bits per heavy atom. The van der Waals surface area contributed by atoms with Gasteiger partial charge in [-0.1, -0.05) is 11.6 Å². The summed E-state index contributed by atoms with van der Waals surface area (Å²) >= 11 is 5.88. The number of benzene rings is 1. The van der Waals surface area contributed by atoms with Crippen LogP contribution in [0.4, 0.5) is 0 Å². The zero-order valence-electron chi connectivity index (χ0n) is 10.8. The van der Waals surface area contributed by atoms with Crippen LogP contribution in [-0.4, -0.2) is 34.0 Å². The predicted molar refractivity (Wildman–Crippen MR) is 82.5 cm³/mol. The Kier molecular flexibility index (Phi) is 4.65. The number of nitrogens with two attached hydrogens (primary N) is 1. The average molecular weight is 315 g/mol. The number of rotatable bonds is 2. The molecule has 1 aromatic heterocycles. The van der Waals surface area contributed by atoms with E-state index in [2.05, 4.69) is 14.9 Å². The molecule has 3 rings (SSSR count). The van der Waals surface area contributed by atoms with Crippen molar-refractivity contribution < 1.29 is 0 Å². The van der Waals surface area contributed by atoms with E-state index in [9.17, 15) is 4.79 Å². The number of H-pyrrole nitrogens is 1. The topological polar surface area (TPSA) is 75.0 Å². The highest BCUT2D eigenvalue weighted by Crippen LogP contribution is 2.15. The SMILES string of the molecule is Cl.N[C@@H]1CCN(Cc2nc3ccc(Cl)cc3c(=O)[nH]2)C1. The Morgan fingerprint density at radius 1 is 1.50 bits per heavy atom. The molecular formula is C13H16Cl2N4O. The third-order valence-corrected chi connectivity index (χ3v) is 3.63. The van der Waals surface area contributed by atoms with Crippen LogP contribution in [0, 0.1) is 0 Å². The van der Waals surface area contributed by atoms with E-state index in [-0.39, 0.29) is 24.0 Å². The molecule has 1 fully saturated rings. The summed E-state index contributed by atoms with van der Waals surface area (Å²) in [6, 6.07) is 5.38. The van der Waals surface area contributed by atoms with Crippen molar-refractivity contribution in [3.63, 3.8) is 0 Å². The van der Waals surface area contributed by atoms with E-state index in [1.807, 2.05) is 0 Å². The molecule has 20 heavy (non-hydrogen) atoms. The molecule has 1 saturated heterocycles. The van der Waals surface area contributed by atoms with Crippen molar-refractivity contribution in [2.75, 3.05) is 13.1 Å². The molecule has 1 atom stereocenters. The van der Waals surface area contributed by atoms with Crippen LogP contribution in [0.25, 0.3) is 10.9 Å². The van der Waals surface area contributed by atoms with Gasteiger partial charge in [0.1, 0.15) is 5.82 Å². The summed E-state index contributed by atoms with van der Waals surface area (Å²) in [6.45, 7) is 2.42. The highest BCUT2D eigenvalue weighted by molar-refractivity contribution is 6.31. The molecule has 0 spiro atoms. The van der Waals surface area contributed by atoms with Crippen LogP contribution >= 0.6 is 24.0 Å². The van der Waals surface area contributed by atoms with Crippen molar-refractivity contribution in [2.24, 2.45) is 5.73 Å². The first-order chi connectivity index (χ1) is 9.11. The average Bonchev–Trinajstić information content (AvgIpc) is 2.76. The molecule has 2 aromatic rings. The first-order valence-corrected chi connectivity index (χ1v) is 6.66. The fourth-order valence-corrected chi connectivity index (χ4v) is 2.62. The quantitative estimate of drug-likeness (QED) is 0.881. The molecule has 0 aliphatic carbocycles. The van der Waals surface area contributed by atoms with Crippen molar-refractivity contribution in [1.29, 1.82) is 0 Å². The van der Waals surface area contributed by atoms with E-state index in [4.69, 9.17) is 17.3 Å². The summed E-state index contributed by atoms with van der Waals surface area (Å²) < 4.78 is 0. The first-order valence-electron chi connectivity index (χ1n) is 6.28. The fourth-order valence-electron chi connectivity index (χ4n) is 2.45. The Bertz CT molecular complexity index is 673. The van der Waals surface area contributed by atoms with Gasteiger partial charge in [0.15, 0.2) is 0 Å². The van der Waals surface area contributed by atoms with E-state index in [1.165, 1.54) is 0 Å². The third-order valence-electron chi connectivity index (χ3n) is 3.40. The summed E-state index contributed by atoms with van der Waals surface area (Å²) in [4.78, 5) is 21.5. The summed E-state index contributed by atoms with van der Waals surface area (Å²) in [6.07, 6.45) is 0.993. The summed E-state index contributed by atoms with van der Waals surface area (Å²) in [7, 11) is 0. The number of aromatic amines is 1. The molecule has 0 bridgehead atoms. The number of aromatic nitrogens is 2. The lowest BCUT2D eigenvalue weighted by Crippen LogP contribution is -2.27. The summed E-state index contributed by atoms with van der Waals surface area (Å²) in [5.41, 5.74) is 6.39. The fraction of sp³-hybridized carbons (Fsp3) is 0.385. The van der Waals surface area contributed by atoms with Crippen LogP contribution in [-0.2, 0) is 6.54 Å². The van der Waals surface area contributed by atoms with Crippen molar-refractivity contribution in [2.45, 2.75) is 19.0 Å². The minimum absolute atomic E-state index is 0. The molecule has 5 nitrogen and oxygen atoms in total. The smallest absolute Gasteiger partial charge is 0.258 e. The second-order valence-corrected chi connectivity index (χ2v) is 5.39. The monoisotopic (exact) mass is 314 g/mol. The van der Waals surface area contributed by atoms with Crippen molar-refractivity contribution in [3.05, 3.63) is 39.4 Å². The minimum atomic E-state index is -0.147. The third kappa shape index (κ3) is 3.12. The summed E-state index contributed by atoms with van der Waals surface area (Å²) in [5, 5.41) is 1.06. The number of fused-ring (bicyclic) bond motifs is 1. The first kappa shape index (κ1) is 15.3. The van der Waals surface area contributed by atoms with Gasteiger partial charge in [-0.25, -0.2) is 4.98 Å². The molecule has 3 N–H and O–H groups in total. The lowest BCUT2D eigenvalue weighted by atomic mass is 10.2. The second-order valence-electron chi connectivity index (χ2n) is 4.96. The van der Waals surface area contributed by atoms with Crippen LogP contribution in [0.5, 0.6) is 0 Å². The van der Waals surface area contributed by atoms with Gasteiger partial charge in [0, 0.05) is 24.2 Å². The minimum Gasteiger partial charge on any atom is -0.326 e. The summed E-state index contributed by atoms with van der Waals surface area (Å²) in [5.74, 6) is 0.675. The Hall–Kier alpha value is -1.14. The van der Waals surface area contributed by atoms with Gasteiger partial charge in [-0.3, -0.25) is 9.69 Å². The largest absolute Gasteiger partial charge is 0.326 e. The van der Waals surface area contributed by atoms with Gasteiger partial charge in [-0.2, -0.15) is 0 Å². The Morgan fingerprint density at radius 2 is 2.30 bits per heavy atom. The van der Waals surface area contributed by atoms with Crippen molar-refractivity contribution >= 4 is 34.9 Å². The van der Waals surface area contributed by atoms with Gasteiger partial charge in [-0.15, -0.1) is 12.4 Å². The number of nitrogens with one attached hydrogen (secondary N) is 1. The molecule has 7 heteroatoms. The van der Waals surface area contributed by atoms with E-state index in [0.29, 0.717) is 28.3 Å². The molecule has 0 amide bonds. The molecule has 1 aliphatic heterocycles. The van der Waals surface area contributed by atoms with Crippen molar-refractivity contribution in [1.82, 2.24) is 14.9 Å². The molecule has 0 radical (unpaired) electrons. The molecule has 0 unspecified atom stereocenters. The number of hydrogen-bond acceptors (Lipinski definition) is 4. The highest BCUT2D eigenvalue weighted by Gasteiger charge is 2.19. The van der Waals surface area contributed by atoms with E-state index in [0.717, 1.165) is 19.5 Å². The lowest BCUT2D eigenvalue weighted by Gasteiger charge is -2.14. The number of likely N-dealkylation sites (tertiary alicyclic amines) is 1. The van der Waals surface area contributed by atoms with Gasteiger partial charge in [0.2, 0.25) is 0 Å². The molecule has 1 aromatic carbocycles.